The van der Waals surface area contributed by atoms with E-state index >= 15 is 0 Å². The average Bonchev–Trinajstić information content (AvgIpc) is 2.21. The number of nitrogen functional groups attached to an aromatic ring is 1. The molecule has 6 heteroatoms. The van der Waals surface area contributed by atoms with Crippen LogP contribution in [0.2, 0.25) is 0 Å². The van der Waals surface area contributed by atoms with Crippen LogP contribution in [0.1, 0.15) is 17.3 Å². The molecule has 0 saturated heterocycles. The summed E-state index contributed by atoms with van der Waals surface area (Å²) >= 11 is 0. The molecule has 16 heavy (non-hydrogen) atoms. The number of aromatic nitrogens is 1. The van der Waals surface area contributed by atoms with Gasteiger partial charge in [0.25, 0.3) is 0 Å². The SMILES string of the molecule is COCC(C)Nc1nccc(C(=O)O)c1N. The molecule has 1 aromatic heterocycles. The minimum atomic E-state index is -1.07. The zero-order valence-electron chi connectivity index (χ0n) is 9.23. The van der Waals surface area contributed by atoms with E-state index in [4.69, 9.17) is 15.6 Å². The Labute approximate surface area is 93.4 Å². The Morgan fingerprint density at radius 2 is 2.44 bits per heavy atom. The maximum Gasteiger partial charge on any atom is 0.337 e. The molecule has 1 aromatic rings. The number of rotatable bonds is 5. The van der Waals surface area contributed by atoms with Gasteiger partial charge in [-0.2, -0.15) is 0 Å². The van der Waals surface area contributed by atoms with Crippen molar-refractivity contribution in [3.63, 3.8) is 0 Å². The van der Waals surface area contributed by atoms with Crippen molar-refractivity contribution < 1.29 is 14.6 Å². The lowest BCUT2D eigenvalue weighted by Gasteiger charge is -2.15. The van der Waals surface area contributed by atoms with Gasteiger partial charge < -0.3 is 20.9 Å². The fourth-order valence-electron chi connectivity index (χ4n) is 1.30. The monoisotopic (exact) mass is 225 g/mol. The minimum Gasteiger partial charge on any atom is -0.478 e. The normalized spacial score (nSPS) is 12.1. The third-order valence-corrected chi connectivity index (χ3v) is 2.02. The van der Waals surface area contributed by atoms with Crippen LogP contribution in [-0.2, 0) is 4.74 Å². The summed E-state index contributed by atoms with van der Waals surface area (Å²) in [6.07, 6.45) is 1.40. The highest BCUT2D eigenvalue weighted by Crippen LogP contribution is 2.20. The number of aromatic carboxylic acids is 1. The summed E-state index contributed by atoms with van der Waals surface area (Å²) in [7, 11) is 1.59. The molecule has 1 heterocycles. The van der Waals surface area contributed by atoms with Crippen molar-refractivity contribution in [1.29, 1.82) is 0 Å². The Kier molecular flexibility index (Phi) is 4.07. The van der Waals surface area contributed by atoms with Gasteiger partial charge in [0.1, 0.15) is 5.82 Å². The number of carboxylic acid groups (broad SMARTS) is 1. The number of carboxylic acids is 1. The molecule has 0 fully saturated rings. The second-order valence-corrected chi connectivity index (χ2v) is 3.43. The van der Waals surface area contributed by atoms with Crippen LogP contribution >= 0.6 is 0 Å². The number of nitrogens with zero attached hydrogens (tertiary/aromatic N) is 1. The first kappa shape index (κ1) is 12.3. The van der Waals surface area contributed by atoms with Gasteiger partial charge in [-0.25, -0.2) is 9.78 Å². The first-order valence-corrected chi connectivity index (χ1v) is 4.79. The van der Waals surface area contributed by atoms with E-state index in [2.05, 4.69) is 10.3 Å². The lowest BCUT2D eigenvalue weighted by Crippen LogP contribution is -2.22. The molecule has 0 aliphatic heterocycles. The van der Waals surface area contributed by atoms with Gasteiger partial charge in [-0.05, 0) is 13.0 Å². The molecule has 1 rings (SSSR count). The van der Waals surface area contributed by atoms with Gasteiger partial charge in [0.15, 0.2) is 0 Å². The number of nitrogens with two attached hydrogens (primary N) is 1. The molecule has 0 aliphatic carbocycles. The Morgan fingerprint density at radius 3 is 3.00 bits per heavy atom. The molecule has 0 amide bonds. The molecule has 0 saturated carbocycles. The van der Waals surface area contributed by atoms with E-state index in [1.165, 1.54) is 12.3 Å². The highest BCUT2D eigenvalue weighted by atomic mass is 16.5. The Balaban J connectivity index is 2.89. The van der Waals surface area contributed by atoms with Crippen LogP contribution in [0.5, 0.6) is 0 Å². The topological polar surface area (TPSA) is 97.5 Å². The summed E-state index contributed by atoms with van der Waals surface area (Å²) < 4.78 is 4.95. The third-order valence-electron chi connectivity index (χ3n) is 2.02. The standard InChI is InChI=1S/C10H15N3O3/c1-6(5-16-2)13-9-8(11)7(10(14)15)3-4-12-9/h3-4,6H,5,11H2,1-2H3,(H,12,13)(H,14,15). The van der Waals surface area contributed by atoms with Crippen molar-refractivity contribution in [3.05, 3.63) is 17.8 Å². The van der Waals surface area contributed by atoms with Crippen LogP contribution in [-0.4, -0.2) is 35.8 Å². The number of ether oxygens (including phenoxy) is 1. The zero-order chi connectivity index (χ0) is 12.1. The largest absolute Gasteiger partial charge is 0.478 e. The number of carbonyl (C=O) groups is 1. The predicted octanol–water partition coefficient (Wildman–Crippen LogP) is 0.809. The van der Waals surface area contributed by atoms with Crippen LogP contribution in [0.15, 0.2) is 12.3 Å². The van der Waals surface area contributed by atoms with E-state index in [1.54, 1.807) is 7.11 Å². The van der Waals surface area contributed by atoms with Crippen LogP contribution in [0.4, 0.5) is 11.5 Å². The molecule has 1 unspecified atom stereocenters. The van der Waals surface area contributed by atoms with Gasteiger partial charge in [-0.1, -0.05) is 0 Å². The predicted molar refractivity (Wildman–Crippen MR) is 60.6 cm³/mol. The third kappa shape index (κ3) is 2.83. The molecule has 4 N–H and O–H groups in total. The number of nitrogens with one attached hydrogen (secondary N) is 1. The van der Waals surface area contributed by atoms with Crippen molar-refractivity contribution in [2.75, 3.05) is 24.8 Å². The van der Waals surface area contributed by atoms with E-state index in [1.807, 2.05) is 6.92 Å². The highest BCUT2D eigenvalue weighted by molar-refractivity contribution is 5.96. The number of pyridine rings is 1. The van der Waals surface area contributed by atoms with E-state index in [9.17, 15) is 4.79 Å². The molecular weight excluding hydrogens is 210 g/mol. The van der Waals surface area contributed by atoms with Crippen molar-refractivity contribution >= 4 is 17.5 Å². The number of hydrogen-bond donors (Lipinski definition) is 3. The summed E-state index contributed by atoms with van der Waals surface area (Å²) in [4.78, 5) is 14.8. The van der Waals surface area contributed by atoms with E-state index in [0.29, 0.717) is 12.4 Å². The molecule has 88 valence electrons. The summed E-state index contributed by atoms with van der Waals surface area (Å²) in [6.45, 7) is 2.37. The minimum absolute atomic E-state index is 0.00356. The van der Waals surface area contributed by atoms with Gasteiger partial charge in [0.05, 0.1) is 17.9 Å². The second kappa shape index (κ2) is 5.32. The van der Waals surface area contributed by atoms with Crippen molar-refractivity contribution in [3.8, 4) is 0 Å². The number of methoxy groups -OCH3 is 1. The second-order valence-electron chi connectivity index (χ2n) is 3.43. The van der Waals surface area contributed by atoms with Crippen LogP contribution in [0.3, 0.4) is 0 Å². The van der Waals surface area contributed by atoms with E-state index in [-0.39, 0.29) is 17.3 Å². The van der Waals surface area contributed by atoms with Gasteiger partial charge >= 0.3 is 5.97 Å². The van der Waals surface area contributed by atoms with Crippen LogP contribution < -0.4 is 11.1 Å². The quantitative estimate of drug-likeness (QED) is 0.686. The summed E-state index contributed by atoms with van der Waals surface area (Å²) in [5.74, 6) is -0.702. The summed E-state index contributed by atoms with van der Waals surface area (Å²) in [6, 6.07) is 1.37. The molecule has 6 nitrogen and oxygen atoms in total. The Morgan fingerprint density at radius 1 is 1.75 bits per heavy atom. The molecular formula is C10H15N3O3. The van der Waals surface area contributed by atoms with Gasteiger partial charge in [0.2, 0.25) is 0 Å². The lowest BCUT2D eigenvalue weighted by molar-refractivity contribution is 0.0698. The molecule has 0 radical (unpaired) electrons. The summed E-state index contributed by atoms with van der Waals surface area (Å²) in [5, 5.41) is 11.8. The molecule has 0 aromatic carbocycles. The highest BCUT2D eigenvalue weighted by Gasteiger charge is 2.13. The Bertz CT molecular complexity index is 382. The average molecular weight is 225 g/mol. The number of anilines is 2. The maximum absolute atomic E-state index is 10.8. The Hall–Kier alpha value is -1.82. The molecule has 0 spiro atoms. The van der Waals surface area contributed by atoms with Crippen LogP contribution in [0.25, 0.3) is 0 Å². The van der Waals surface area contributed by atoms with Gasteiger partial charge in [-0.3, -0.25) is 0 Å². The number of hydrogen-bond acceptors (Lipinski definition) is 5. The van der Waals surface area contributed by atoms with Gasteiger partial charge in [0, 0.05) is 19.3 Å². The fourth-order valence-corrected chi connectivity index (χ4v) is 1.30. The van der Waals surface area contributed by atoms with E-state index < -0.39 is 5.97 Å². The van der Waals surface area contributed by atoms with Crippen molar-refractivity contribution in [1.82, 2.24) is 4.98 Å². The maximum atomic E-state index is 10.8. The molecule has 0 aliphatic rings. The summed E-state index contributed by atoms with van der Waals surface area (Å²) in [5.41, 5.74) is 5.86. The molecule has 0 bridgehead atoms. The first-order valence-electron chi connectivity index (χ1n) is 4.79. The van der Waals surface area contributed by atoms with Gasteiger partial charge in [-0.15, -0.1) is 0 Å². The molecule has 1 atom stereocenters. The van der Waals surface area contributed by atoms with Crippen molar-refractivity contribution in [2.24, 2.45) is 0 Å². The van der Waals surface area contributed by atoms with E-state index in [0.717, 1.165) is 0 Å². The fraction of sp³-hybridized carbons (Fsp3) is 0.400. The zero-order valence-corrected chi connectivity index (χ0v) is 9.23. The smallest absolute Gasteiger partial charge is 0.337 e. The first-order chi connectivity index (χ1) is 7.56. The lowest BCUT2D eigenvalue weighted by atomic mass is 10.2. The van der Waals surface area contributed by atoms with Crippen LogP contribution in [0, 0.1) is 0 Å². The van der Waals surface area contributed by atoms with Crippen molar-refractivity contribution in [2.45, 2.75) is 13.0 Å².